The van der Waals surface area contributed by atoms with Crippen LogP contribution in [0.5, 0.6) is 0 Å². The molecule has 0 saturated carbocycles. The summed E-state index contributed by atoms with van der Waals surface area (Å²) in [5, 5.41) is 2.70. The van der Waals surface area contributed by atoms with Crippen LogP contribution in [-0.2, 0) is 12.8 Å². The second-order valence-corrected chi connectivity index (χ2v) is 6.98. The summed E-state index contributed by atoms with van der Waals surface area (Å²) in [6, 6.07) is 22.2. The van der Waals surface area contributed by atoms with Gasteiger partial charge in [0.05, 0.1) is 5.52 Å². The molecule has 114 valence electrons. The van der Waals surface area contributed by atoms with Gasteiger partial charge in [0, 0.05) is 16.3 Å². The molecule has 0 bridgehead atoms. The predicted molar refractivity (Wildman–Crippen MR) is 101 cm³/mol. The number of benzene rings is 3. The molecule has 4 aromatic rings. The van der Waals surface area contributed by atoms with Crippen molar-refractivity contribution < 1.29 is 0 Å². The standard InChI is InChI=1S/C23H17N/c1-2-6-15-14(5-1)13-21-16(15)9-11-19-17(21)10-12-20-18-7-3-4-8-22(18)24-23(19)20/h1-8,10,12,24H,9,11,13H2. The van der Waals surface area contributed by atoms with Crippen molar-refractivity contribution in [2.24, 2.45) is 0 Å². The lowest BCUT2D eigenvalue weighted by Gasteiger charge is -2.20. The van der Waals surface area contributed by atoms with Crippen LogP contribution >= 0.6 is 0 Å². The molecule has 24 heavy (non-hydrogen) atoms. The van der Waals surface area contributed by atoms with Gasteiger partial charge in [-0.1, -0.05) is 54.6 Å². The van der Waals surface area contributed by atoms with Crippen molar-refractivity contribution in [3.8, 4) is 0 Å². The number of aryl methyl sites for hydroxylation is 1. The Morgan fingerprint density at radius 2 is 1.54 bits per heavy atom. The minimum Gasteiger partial charge on any atom is -0.354 e. The molecule has 1 heterocycles. The highest BCUT2D eigenvalue weighted by molar-refractivity contribution is 6.11. The van der Waals surface area contributed by atoms with Crippen LogP contribution in [0.1, 0.15) is 28.7 Å². The Kier molecular flexibility index (Phi) is 2.30. The van der Waals surface area contributed by atoms with E-state index in [1.165, 1.54) is 44.1 Å². The van der Waals surface area contributed by atoms with E-state index >= 15 is 0 Å². The Labute approximate surface area is 140 Å². The summed E-state index contributed by atoms with van der Waals surface area (Å²) in [5.74, 6) is 0. The average Bonchev–Trinajstić information content (AvgIpc) is 3.20. The molecule has 1 aromatic heterocycles. The first-order valence-corrected chi connectivity index (χ1v) is 8.73. The number of allylic oxidation sites excluding steroid dienone is 2. The molecular weight excluding hydrogens is 290 g/mol. The summed E-state index contributed by atoms with van der Waals surface area (Å²) in [5.41, 5.74) is 11.7. The van der Waals surface area contributed by atoms with Gasteiger partial charge in [0.1, 0.15) is 0 Å². The highest BCUT2D eigenvalue weighted by Gasteiger charge is 2.28. The van der Waals surface area contributed by atoms with Crippen LogP contribution in [0.15, 0.2) is 60.7 Å². The second-order valence-electron chi connectivity index (χ2n) is 6.98. The Hall–Kier alpha value is -2.80. The number of H-pyrrole nitrogens is 1. The van der Waals surface area contributed by atoms with Gasteiger partial charge >= 0.3 is 0 Å². The summed E-state index contributed by atoms with van der Waals surface area (Å²) in [6.07, 6.45) is 3.38. The molecule has 0 atom stereocenters. The lowest BCUT2D eigenvalue weighted by Crippen LogP contribution is -2.02. The van der Waals surface area contributed by atoms with Crippen LogP contribution in [0.2, 0.25) is 0 Å². The van der Waals surface area contributed by atoms with Gasteiger partial charge in [0.15, 0.2) is 0 Å². The van der Waals surface area contributed by atoms with E-state index in [9.17, 15) is 0 Å². The van der Waals surface area contributed by atoms with Gasteiger partial charge < -0.3 is 4.98 Å². The zero-order chi connectivity index (χ0) is 15.7. The first-order valence-electron chi connectivity index (χ1n) is 8.73. The Bertz CT molecular complexity index is 1170. The largest absolute Gasteiger partial charge is 0.354 e. The Morgan fingerprint density at radius 1 is 0.667 bits per heavy atom. The zero-order valence-electron chi connectivity index (χ0n) is 13.4. The van der Waals surface area contributed by atoms with E-state index in [0.29, 0.717) is 0 Å². The third kappa shape index (κ3) is 1.50. The maximum absolute atomic E-state index is 3.68. The number of rotatable bonds is 0. The monoisotopic (exact) mass is 307 g/mol. The maximum Gasteiger partial charge on any atom is 0.0503 e. The first kappa shape index (κ1) is 12.6. The fourth-order valence-electron chi connectivity index (χ4n) is 4.74. The van der Waals surface area contributed by atoms with Crippen molar-refractivity contribution in [3.63, 3.8) is 0 Å². The van der Waals surface area contributed by atoms with Gasteiger partial charge in [-0.3, -0.25) is 0 Å². The molecule has 1 N–H and O–H groups in total. The van der Waals surface area contributed by atoms with E-state index in [1.807, 2.05) is 0 Å². The van der Waals surface area contributed by atoms with Crippen LogP contribution in [-0.4, -0.2) is 4.98 Å². The molecule has 0 amide bonds. The van der Waals surface area contributed by atoms with E-state index in [1.54, 1.807) is 11.1 Å². The molecule has 6 rings (SSSR count). The van der Waals surface area contributed by atoms with E-state index in [0.717, 1.165) is 19.3 Å². The van der Waals surface area contributed by atoms with Crippen LogP contribution in [0.4, 0.5) is 0 Å². The van der Waals surface area contributed by atoms with Crippen molar-refractivity contribution >= 4 is 33.0 Å². The van der Waals surface area contributed by atoms with Gasteiger partial charge in [-0.25, -0.2) is 0 Å². The quantitative estimate of drug-likeness (QED) is 0.427. The van der Waals surface area contributed by atoms with Gasteiger partial charge in [-0.05, 0) is 58.7 Å². The van der Waals surface area contributed by atoms with Crippen molar-refractivity contribution in [3.05, 3.63) is 82.9 Å². The van der Waals surface area contributed by atoms with E-state index in [2.05, 4.69) is 65.6 Å². The molecular formula is C23H17N. The lowest BCUT2D eigenvalue weighted by atomic mass is 9.84. The number of fused-ring (bicyclic) bond motifs is 8. The van der Waals surface area contributed by atoms with Gasteiger partial charge in [-0.2, -0.15) is 0 Å². The van der Waals surface area contributed by atoms with Gasteiger partial charge in [-0.15, -0.1) is 0 Å². The molecule has 1 heteroatoms. The molecule has 3 aromatic carbocycles. The van der Waals surface area contributed by atoms with Crippen molar-refractivity contribution in [2.75, 3.05) is 0 Å². The molecule has 0 aliphatic heterocycles. The summed E-state index contributed by atoms with van der Waals surface area (Å²) in [6.45, 7) is 0. The Morgan fingerprint density at radius 3 is 2.54 bits per heavy atom. The minimum absolute atomic E-state index is 1.09. The number of aromatic amines is 1. The Balaban J connectivity index is 1.65. The molecule has 2 aliphatic rings. The number of aromatic nitrogens is 1. The zero-order valence-corrected chi connectivity index (χ0v) is 13.4. The highest BCUT2D eigenvalue weighted by Crippen LogP contribution is 2.46. The molecule has 2 aliphatic carbocycles. The SMILES string of the molecule is c1ccc2c(c1)CC1=C2CCc2c1ccc1c2[nH]c2ccccc21. The van der Waals surface area contributed by atoms with Crippen LogP contribution in [0, 0.1) is 0 Å². The van der Waals surface area contributed by atoms with Crippen LogP contribution in [0.25, 0.3) is 33.0 Å². The summed E-state index contributed by atoms with van der Waals surface area (Å²) < 4.78 is 0. The number of nitrogens with one attached hydrogen (secondary N) is 1. The maximum atomic E-state index is 3.68. The van der Waals surface area contributed by atoms with Crippen molar-refractivity contribution in [1.29, 1.82) is 0 Å². The number of hydrogen-bond donors (Lipinski definition) is 1. The topological polar surface area (TPSA) is 15.8 Å². The van der Waals surface area contributed by atoms with E-state index in [4.69, 9.17) is 0 Å². The number of para-hydroxylation sites is 1. The highest BCUT2D eigenvalue weighted by atomic mass is 14.7. The molecule has 1 nitrogen and oxygen atoms in total. The smallest absolute Gasteiger partial charge is 0.0503 e. The van der Waals surface area contributed by atoms with Crippen LogP contribution in [0.3, 0.4) is 0 Å². The van der Waals surface area contributed by atoms with Crippen LogP contribution < -0.4 is 0 Å². The normalized spacial score (nSPS) is 15.7. The number of hydrogen-bond acceptors (Lipinski definition) is 0. The summed E-state index contributed by atoms with van der Waals surface area (Å²) >= 11 is 0. The molecule has 0 unspecified atom stereocenters. The molecule has 0 saturated heterocycles. The van der Waals surface area contributed by atoms with E-state index in [-0.39, 0.29) is 0 Å². The van der Waals surface area contributed by atoms with Gasteiger partial charge in [0.25, 0.3) is 0 Å². The predicted octanol–water partition coefficient (Wildman–Crippen LogP) is 5.73. The fourth-order valence-corrected chi connectivity index (χ4v) is 4.74. The summed E-state index contributed by atoms with van der Waals surface area (Å²) in [4.78, 5) is 3.68. The second kappa shape index (κ2) is 4.39. The molecule has 0 spiro atoms. The lowest BCUT2D eigenvalue weighted by molar-refractivity contribution is 1.00. The first-order chi connectivity index (χ1) is 11.9. The summed E-state index contributed by atoms with van der Waals surface area (Å²) in [7, 11) is 0. The third-order valence-corrected chi connectivity index (χ3v) is 5.81. The molecule has 0 radical (unpaired) electrons. The fraction of sp³-hybridized carbons (Fsp3) is 0.130. The minimum atomic E-state index is 1.09. The van der Waals surface area contributed by atoms with E-state index < -0.39 is 0 Å². The van der Waals surface area contributed by atoms with Gasteiger partial charge in [0.2, 0.25) is 0 Å². The van der Waals surface area contributed by atoms with Crippen molar-refractivity contribution in [2.45, 2.75) is 19.3 Å². The average molecular weight is 307 g/mol. The third-order valence-electron chi connectivity index (χ3n) is 5.81. The molecule has 0 fully saturated rings. The van der Waals surface area contributed by atoms with Crippen molar-refractivity contribution in [1.82, 2.24) is 4.98 Å².